The van der Waals surface area contributed by atoms with Crippen molar-refractivity contribution >= 4 is 0 Å². The second kappa shape index (κ2) is 8.35. The summed E-state index contributed by atoms with van der Waals surface area (Å²) in [5, 5.41) is 3.31. The molecule has 0 bridgehead atoms. The molecule has 1 aliphatic heterocycles. The van der Waals surface area contributed by atoms with E-state index in [0.29, 0.717) is 6.61 Å². The molecule has 0 aromatic carbocycles. The third-order valence-electron chi connectivity index (χ3n) is 3.64. The highest BCUT2D eigenvalue weighted by atomic mass is 16.5. The predicted molar refractivity (Wildman–Crippen MR) is 76.0 cm³/mol. The van der Waals surface area contributed by atoms with Gasteiger partial charge in [-0.05, 0) is 38.5 Å². The van der Waals surface area contributed by atoms with Crippen molar-refractivity contribution in [2.45, 2.75) is 39.3 Å². The first-order valence-corrected chi connectivity index (χ1v) is 7.46. The monoisotopic (exact) mass is 266 g/mol. The molecule has 108 valence electrons. The topological polar surface area (TPSA) is 37.6 Å². The van der Waals surface area contributed by atoms with Gasteiger partial charge in [-0.2, -0.15) is 0 Å². The summed E-state index contributed by atoms with van der Waals surface area (Å²) >= 11 is 0. The maximum absolute atomic E-state index is 5.74. The third-order valence-corrected chi connectivity index (χ3v) is 3.64. The summed E-state index contributed by atoms with van der Waals surface area (Å²) in [5.41, 5.74) is 1.21. The van der Waals surface area contributed by atoms with Crippen LogP contribution in [0.2, 0.25) is 0 Å². The fourth-order valence-corrected chi connectivity index (χ4v) is 2.45. The van der Waals surface area contributed by atoms with Crippen LogP contribution in [0.25, 0.3) is 0 Å². The number of likely N-dealkylation sites (tertiary alicyclic amines) is 1. The Morgan fingerprint density at radius 1 is 1.32 bits per heavy atom. The number of nitrogens with zero attached hydrogens (tertiary/aromatic N) is 1. The molecule has 0 radical (unpaired) electrons. The van der Waals surface area contributed by atoms with E-state index in [4.69, 9.17) is 9.15 Å². The van der Waals surface area contributed by atoms with Gasteiger partial charge in [-0.1, -0.05) is 13.3 Å². The van der Waals surface area contributed by atoms with Gasteiger partial charge in [0.15, 0.2) is 0 Å². The standard InChI is InChI=1S/C15H26N2O2/c1-2-16-12-14-6-10-19-15(14)13-18-11-9-17-7-4-3-5-8-17/h6,10,16H,2-5,7-9,11-13H2,1H3. The molecule has 1 fully saturated rings. The fraction of sp³-hybridized carbons (Fsp3) is 0.733. The molecule has 2 heterocycles. The van der Waals surface area contributed by atoms with E-state index in [2.05, 4.69) is 17.1 Å². The molecule has 0 unspecified atom stereocenters. The van der Waals surface area contributed by atoms with Crippen molar-refractivity contribution in [3.63, 3.8) is 0 Å². The quantitative estimate of drug-likeness (QED) is 0.733. The van der Waals surface area contributed by atoms with Gasteiger partial charge in [-0.3, -0.25) is 0 Å². The summed E-state index contributed by atoms with van der Waals surface area (Å²) < 4.78 is 11.2. The van der Waals surface area contributed by atoms with Gasteiger partial charge in [-0.25, -0.2) is 0 Å². The minimum Gasteiger partial charge on any atom is -0.467 e. The smallest absolute Gasteiger partial charge is 0.133 e. The van der Waals surface area contributed by atoms with Crippen molar-refractivity contribution in [1.29, 1.82) is 0 Å². The van der Waals surface area contributed by atoms with Crippen molar-refractivity contribution < 1.29 is 9.15 Å². The number of hydrogen-bond donors (Lipinski definition) is 1. The van der Waals surface area contributed by atoms with Gasteiger partial charge in [0.25, 0.3) is 0 Å². The molecule has 1 aromatic heterocycles. The van der Waals surface area contributed by atoms with Gasteiger partial charge in [-0.15, -0.1) is 0 Å². The summed E-state index contributed by atoms with van der Waals surface area (Å²) in [4.78, 5) is 2.49. The van der Waals surface area contributed by atoms with Crippen LogP contribution in [-0.4, -0.2) is 37.7 Å². The molecule has 0 saturated carbocycles. The molecule has 4 nitrogen and oxygen atoms in total. The first kappa shape index (κ1) is 14.6. The lowest BCUT2D eigenvalue weighted by Gasteiger charge is -2.26. The number of hydrogen-bond acceptors (Lipinski definition) is 4. The summed E-state index contributed by atoms with van der Waals surface area (Å²) in [5.74, 6) is 0.958. The summed E-state index contributed by atoms with van der Waals surface area (Å²) in [7, 11) is 0. The van der Waals surface area contributed by atoms with E-state index in [-0.39, 0.29) is 0 Å². The molecule has 0 aliphatic carbocycles. The SMILES string of the molecule is CCNCc1ccoc1COCCN1CCCCC1. The van der Waals surface area contributed by atoms with Gasteiger partial charge in [0.05, 0.1) is 12.9 Å². The van der Waals surface area contributed by atoms with Crippen LogP contribution >= 0.6 is 0 Å². The van der Waals surface area contributed by atoms with Crippen LogP contribution in [0.4, 0.5) is 0 Å². The molecule has 19 heavy (non-hydrogen) atoms. The summed E-state index contributed by atoms with van der Waals surface area (Å²) in [6.45, 7) is 8.82. The molecular weight excluding hydrogens is 240 g/mol. The van der Waals surface area contributed by atoms with Crippen LogP contribution < -0.4 is 5.32 Å². The summed E-state index contributed by atoms with van der Waals surface area (Å²) in [6, 6.07) is 2.02. The Morgan fingerprint density at radius 2 is 2.16 bits per heavy atom. The molecule has 0 amide bonds. The first-order chi connectivity index (χ1) is 9.40. The average Bonchev–Trinajstić information content (AvgIpc) is 2.90. The Labute approximate surface area is 116 Å². The number of furan rings is 1. The van der Waals surface area contributed by atoms with Gasteiger partial charge < -0.3 is 19.4 Å². The van der Waals surface area contributed by atoms with E-state index in [1.807, 2.05) is 6.07 Å². The zero-order valence-corrected chi connectivity index (χ0v) is 12.0. The van der Waals surface area contributed by atoms with Crippen LogP contribution in [0.1, 0.15) is 37.5 Å². The van der Waals surface area contributed by atoms with E-state index in [1.165, 1.54) is 37.9 Å². The Kier molecular flexibility index (Phi) is 6.41. The second-order valence-electron chi connectivity index (χ2n) is 5.10. The van der Waals surface area contributed by atoms with Crippen molar-refractivity contribution in [2.24, 2.45) is 0 Å². The molecule has 1 aliphatic rings. The highest BCUT2D eigenvalue weighted by Crippen LogP contribution is 2.12. The van der Waals surface area contributed by atoms with Crippen LogP contribution in [0, 0.1) is 0 Å². The van der Waals surface area contributed by atoms with Crippen molar-refractivity contribution in [1.82, 2.24) is 10.2 Å². The first-order valence-electron chi connectivity index (χ1n) is 7.46. The number of rotatable bonds is 8. The van der Waals surface area contributed by atoms with Gasteiger partial charge in [0.1, 0.15) is 12.4 Å². The zero-order chi connectivity index (χ0) is 13.3. The highest BCUT2D eigenvalue weighted by molar-refractivity contribution is 5.15. The number of nitrogens with one attached hydrogen (secondary N) is 1. The highest BCUT2D eigenvalue weighted by Gasteiger charge is 2.10. The molecular formula is C15H26N2O2. The maximum atomic E-state index is 5.74. The van der Waals surface area contributed by atoms with Crippen molar-refractivity contribution in [2.75, 3.05) is 32.8 Å². The molecule has 2 rings (SSSR count). The lowest BCUT2D eigenvalue weighted by molar-refractivity contribution is 0.0759. The fourth-order valence-electron chi connectivity index (χ4n) is 2.45. The minimum absolute atomic E-state index is 0.585. The maximum Gasteiger partial charge on any atom is 0.133 e. The third kappa shape index (κ3) is 4.97. The minimum atomic E-state index is 0.585. The lowest BCUT2D eigenvalue weighted by atomic mass is 10.1. The van der Waals surface area contributed by atoms with Crippen LogP contribution in [0.3, 0.4) is 0 Å². The van der Waals surface area contributed by atoms with Crippen molar-refractivity contribution in [3.8, 4) is 0 Å². The van der Waals surface area contributed by atoms with E-state index in [0.717, 1.165) is 32.0 Å². The van der Waals surface area contributed by atoms with E-state index < -0.39 is 0 Å². The Morgan fingerprint density at radius 3 is 2.95 bits per heavy atom. The van der Waals surface area contributed by atoms with E-state index in [9.17, 15) is 0 Å². The van der Waals surface area contributed by atoms with Crippen LogP contribution in [-0.2, 0) is 17.9 Å². The Balaban J connectivity index is 1.63. The Bertz CT molecular complexity index is 346. The van der Waals surface area contributed by atoms with Crippen LogP contribution in [0.5, 0.6) is 0 Å². The molecule has 0 spiro atoms. The van der Waals surface area contributed by atoms with Crippen molar-refractivity contribution in [3.05, 3.63) is 23.7 Å². The number of ether oxygens (including phenoxy) is 1. The lowest BCUT2D eigenvalue weighted by Crippen LogP contribution is -2.32. The van der Waals surface area contributed by atoms with E-state index >= 15 is 0 Å². The summed E-state index contributed by atoms with van der Waals surface area (Å²) in [6.07, 6.45) is 5.81. The second-order valence-corrected chi connectivity index (χ2v) is 5.10. The Hall–Kier alpha value is -0.840. The molecule has 1 N–H and O–H groups in total. The van der Waals surface area contributed by atoms with Gasteiger partial charge in [0, 0.05) is 18.7 Å². The predicted octanol–water partition coefficient (Wildman–Crippen LogP) is 2.39. The van der Waals surface area contributed by atoms with Gasteiger partial charge >= 0.3 is 0 Å². The van der Waals surface area contributed by atoms with Gasteiger partial charge in [0.2, 0.25) is 0 Å². The normalized spacial score (nSPS) is 16.9. The largest absolute Gasteiger partial charge is 0.467 e. The molecule has 1 aromatic rings. The van der Waals surface area contributed by atoms with E-state index in [1.54, 1.807) is 6.26 Å². The molecule has 0 atom stereocenters. The van der Waals surface area contributed by atoms with Crippen LogP contribution in [0.15, 0.2) is 16.7 Å². The average molecular weight is 266 g/mol. The molecule has 1 saturated heterocycles. The zero-order valence-electron chi connectivity index (χ0n) is 12.0. The molecule has 4 heteroatoms. The number of piperidine rings is 1.